The van der Waals surface area contributed by atoms with Crippen LogP contribution in [-0.4, -0.2) is 29.7 Å². The predicted octanol–water partition coefficient (Wildman–Crippen LogP) is 8.93. The fourth-order valence-corrected chi connectivity index (χ4v) is 4.36. The van der Waals surface area contributed by atoms with Crippen LogP contribution in [0.1, 0.15) is 120 Å². The van der Waals surface area contributed by atoms with E-state index in [-0.39, 0.29) is 22.9 Å². The number of Topliss-reactive ketones (excluding diaryl/α,β-unsaturated/α-hetero) is 1. The quantitative estimate of drug-likeness (QED) is 0.256. The van der Waals surface area contributed by atoms with Crippen molar-refractivity contribution in [1.82, 2.24) is 0 Å². The molecule has 1 fully saturated rings. The lowest BCUT2D eigenvalue weighted by Crippen LogP contribution is -2.26. The fraction of sp³-hybridized carbons (Fsp3) is 0.727. The molecule has 0 radical (unpaired) electrons. The third kappa shape index (κ3) is 13.7. The molecule has 0 saturated carbocycles. The summed E-state index contributed by atoms with van der Waals surface area (Å²) in [5.74, 6) is 0.961. The topological polar surface area (TPSA) is 46.5 Å². The molecule has 5 unspecified atom stereocenters. The van der Waals surface area contributed by atoms with Gasteiger partial charge in [0.15, 0.2) is 0 Å². The van der Waals surface area contributed by atoms with Crippen LogP contribution in [0.25, 0.3) is 0 Å². The first kappa shape index (κ1) is 34.6. The summed E-state index contributed by atoms with van der Waals surface area (Å²) in [5.41, 5.74) is 3.03. The Morgan fingerprint density at radius 3 is 2.08 bits per heavy atom. The number of ether oxygens (including phenoxy) is 1. The highest BCUT2D eigenvalue weighted by Gasteiger charge is 2.35. The van der Waals surface area contributed by atoms with Crippen molar-refractivity contribution in [2.24, 2.45) is 17.3 Å². The molecule has 3 nitrogen and oxygen atoms in total. The number of rotatable bonds is 10. The van der Waals surface area contributed by atoms with Crippen LogP contribution >= 0.6 is 0 Å². The van der Waals surface area contributed by atoms with E-state index >= 15 is 0 Å². The van der Waals surface area contributed by atoms with E-state index in [1.807, 2.05) is 13.8 Å². The average molecular weight is 503 g/mol. The molecule has 1 aliphatic heterocycles. The van der Waals surface area contributed by atoms with E-state index in [1.54, 1.807) is 6.92 Å². The second-order valence-electron chi connectivity index (χ2n) is 12.3. The van der Waals surface area contributed by atoms with Gasteiger partial charge < -0.3 is 14.6 Å². The van der Waals surface area contributed by atoms with Crippen LogP contribution in [0.15, 0.2) is 42.5 Å². The molecule has 1 aromatic carbocycles. The third-order valence-corrected chi connectivity index (χ3v) is 7.69. The molecular formula is C33H58O3. The lowest BCUT2D eigenvalue weighted by Gasteiger charge is -2.33. The summed E-state index contributed by atoms with van der Waals surface area (Å²) in [5, 5.41) is 9.45. The van der Waals surface area contributed by atoms with Gasteiger partial charge in [-0.05, 0) is 50.5 Å². The normalized spacial score (nSPS) is 21.8. The van der Waals surface area contributed by atoms with Gasteiger partial charge in [-0.2, -0.15) is 0 Å². The summed E-state index contributed by atoms with van der Waals surface area (Å²) in [6.07, 6.45) is 8.24. The molecule has 2 rings (SSSR count). The number of hydrogen-bond donors (Lipinski definition) is 1. The summed E-state index contributed by atoms with van der Waals surface area (Å²) >= 11 is 0. The number of ketones is 1. The minimum Gasteiger partial charge on any atom is -0.393 e. The van der Waals surface area contributed by atoms with Gasteiger partial charge in [0.05, 0.1) is 18.8 Å². The smallest absolute Gasteiger partial charge is 0.129 e. The minimum absolute atomic E-state index is 0.189. The molecule has 0 spiro atoms. The summed E-state index contributed by atoms with van der Waals surface area (Å²) in [6, 6.07) is 10.7. The zero-order valence-electron chi connectivity index (χ0n) is 25.3. The van der Waals surface area contributed by atoms with Gasteiger partial charge in [-0.3, -0.25) is 0 Å². The second-order valence-corrected chi connectivity index (χ2v) is 12.3. The molecule has 1 saturated heterocycles. The van der Waals surface area contributed by atoms with Crippen LogP contribution in [0, 0.1) is 17.3 Å². The molecular weight excluding hydrogens is 444 g/mol. The summed E-state index contributed by atoms with van der Waals surface area (Å²) in [6.45, 7) is 25.9. The predicted molar refractivity (Wildman–Crippen MR) is 156 cm³/mol. The first-order chi connectivity index (χ1) is 16.7. The van der Waals surface area contributed by atoms with E-state index in [9.17, 15) is 9.90 Å². The standard InChI is InChI=1S/C12H16O.C12H24O.C9H18O/c1-10-8-12(2,9-13-10)11-6-4-3-5-7-11;1-8(9(2)11(4)13)10(3)12(5,6)7;1-3-4-5-6-7-8-9(2)10/h3-7,10H,8-9H2,1-2H3;9-11,13H,1H2,2-7H3;3-8H2,1-2H3. The number of unbranched alkanes of at least 4 members (excludes halogenated alkanes) is 4. The van der Waals surface area contributed by atoms with Gasteiger partial charge in [0.1, 0.15) is 5.78 Å². The molecule has 1 aliphatic rings. The van der Waals surface area contributed by atoms with Crippen molar-refractivity contribution in [2.75, 3.05) is 6.61 Å². The minimum atomic E-state index is -0.294. The fourth-order valence-electron chi connectivity index (χ4n) is 4.36. The molecule has 0 aliphatic carbocycles. The number of hydrogen-bond acceptors (Lipinski definition) is 3. The van der Waals surface area contributed by atoms with Gasteiger partial charge >= 0.3 is 0 Å². The molecule has 1 aromatic rings. The number of carbonyl (C=O) groups is 1. The van der Waals surface area contributed by atoms with Crippen molar-refractivity contribution in [3.05, 3.63) is 48.0 Å². The first-order valence-electron chi connectivity index (χ1n) is 14.2. The maximum atomic E-state index is 10.5. The van der Waals surface area contributed by atoms with Gasteiger partial charge in [0.2, 0.25) is 0 Å². The molecule has 5 atom stereocenters. The van der Waals surface area contributed by atoms with E-state index < -0.39 is 0 Å². The second kappa shape index (κ2) is 17.1. The summed E-state index contributed by atoms with van der Waals surface area (Å²) < 4.78 is 5.62. The Morgan fingerprint density at radius 1 is 1.11 bits per heavy atom. The van der Waals surface area contributed by atoms with E-state index in [0.717, 1.165) is 31.4 Å². The highest BCUT2D eigenvalue weighted by atomic mass is 16.5. The Bertz CT molecular complexity index is 731. The van der Waals surface area contributed by atoms with Gasteiger partial charge in [-0.1, -0.05) is 117 Å². The Kier molecular flexibility index (Phi) is 16.4. The summed E-state index contributed by atoms with van der Waals surface area (Å²) in [7, 11) is 0. The third-order valence-electron chi connectivity index (χ3n) is 7.69. The molecule has 208 valence electrons. The van der Waals surface area contributed by atoms with Gasteiger partial charge in [-0.15, -0.1) is 0 Å². The average Bonchev–Trinajstić information content (AvgIpc) is 3.17. The van der Waals surface area contributed by atoms with E-state index in [4.69, 9.17) is 4.74 Å². The monoisotopic (exact) mass is 502 g/mol. The van der Waals surface area contributed by atoms with Gasteiger partial charge in [0, 0.05) is 17.8 Å². The van der Waals surface area contributed by atoms with Crippen LogP contribution < -0.4 is 0 Å². The van der Waals surface area contributed by atoms with Crippen LogP contribution in [-0.2, 0) is 14.9 Å². The molecule has 0 bridgehead atoms. The van der Waals surface area contributed by atoms with Crippen LogP contribution in [0.4, 0.5) is 0 Å². The Labute approximate surface area is 224 Å². The number of carbonyl (C=O) groups excluding carboxylic acids is 1. The van der Waals surface area contributed by atoms with Crippen molar-refractivity contribution >= 4 is 5.78 Å². The largest absolute Gasteiger partial charge is 0.393 e. The summed E-state index contributed by atoms with van der Waals surface area (Å²) in [4.78, 5) is 10.5. The molecule has 0 amide bonds. The molecule has 1 N–H and O–H groups in total. The van der Waals surface area contributed by atoms with E-state index in [1.165, 1.54) is 31.2 Å². The maximum Gasteiger partial charge on any atom is 0.129 e. The van der Waals surface area contributed by atoms with E-state index in [0.29, 0.717) is 17.8 Å². The molecule has 1 heterocycles. The highest BCUT2D eigenvalue weighted by molar-refractivity contribution is 5.75. The lowest BCUT2D eigenvalue weighted by atomic mass is 9.73. The van der Waals surface area contributed by atoms with Gasteiger partial charge in [-0.25, -0.2) is 0 Å². The Balaban J connectivity index is 0.000000517. The number of aliphatic hydroxyl groups excluding tert-OH is 1. The molecule has 3 heteroatoms. The Hall–Kier alpha value is -1.45. The van der Waals surface area contributed by atoms with Crippen molar-refractivity contribution in [1.29, 1.82) is 0 Å². The van der Waals surface area contributed by atoms with Crippen molar-refractivity contribution in [2.45, 2.75) is 132 Å². The molecule has 0 aromatic heterocycles. The zero-order chi connectivity index (χ0) is 27.9. The highest BCUT2D eigenvalue weighted by Crippen LogP contribution is 2.36. The Morgan fingerprint density at radius 2 is 1.67 bits per heavy atom. The maximum absolute atomic E-state index is 10.5. The number of benzene rings is 1. The van der Waals surface area contributed by atoms with Crippen LogP contribution in [0.3, 0.4) is 0 Å². The van der Waals surface area contributed by atoms with Crippen LogP contribution in [0.5, 0.6) is 0 Å². The van der Waals surface area contributed by atoms with Crippen LogP contribution in [0.2, 0.25) is 0 Å². The van der Waals surface area contributed by atoms with E-state index in [2.05, 4.69) is 85.4 Å². The lowest BCUT2D eigenvalue weighted by molar-refractivity contribution is -0.117. The van der Waals surface area contributed by atoms with Crippen molar-refractivity contribution in [3.63, 3.8) is 0 Å². The van der Waals surface area contributed by atoms with Gasteiger partial charge in [0.25, 0.3) is 0 Å². The first-order valence-corrected chi connectivity index (χ1v) is 14.2. The molecule has 36 heavy (non-hydrogen) atoms. The zero-order valence-corrected chi connectivity index (χ0v) is 25.3. The van der Waals surface area contributed by atoms with Crippen molar-refractivity contribution in [3.8, 4) is 0 Å². The number of aliphatic hydroxyl groups is 1. The SMILES string of the molecule is C=C(C(C)C(C)O)C(C)C(C)(C)C.CC1CC(C)(c2ccccc2)CO1.CCCCCCCC(C)=O. The van der Waals surface area contributed by atoms with Crippen molar-refractivity contribution < 1.29 is 14.6 Å².